The molecule has 3 aromatic rings. The minimum absolute atomic E-state index is 0.226. The Labute approximate surface area is 182 Å². The summed E-state index contributed by atoms with van der Waals surface area (Å²) in [5.74, 6) is 0. The zero-order chi connectivity index (χ0) is 21.3. The number of benzene rings is 3. The van der Waals surface area contributed by atoms with Gasteiger partial charge in [0.2, 0.25) is 0 Å². The lowest BCUT2D eigenvalue weighted by atomic mass is 10.00. The van der Waals surface area contributed by atoms with Gasteiger partial charge >= 0.3 is 6.09 Å². The fourth-order valence-corrected chi connectivity index (χ4v) is 3.55. The van der Waals surface area contributed by atoms with Crippen LogP contribution in [0.25, 0.3) is 0 Å². The highest BCUT2D eigenvalue weighted by Gasteiger charge is 2.28. The van der Waals surface area contributed by atoms with Crippen molar-refractivity contribution in [1.82, 2.24) is 10.8 Å². The minimum Gasteiger partial charge on any atom is -0.445 e. The van der Waals surface area contributed by atoms with E-state index in [0.29, 0.717) is 6.42 Å². The number of nitrogens with one attached hydrogen (secondary N) is 2. The Bertz CT molecular complexity index is 991. The Morgan fingerprint density at radius 3 is 2.10 bits per heavy atom. The minimum atomic E-state index is -0.460. The number of alkyl carbamates (subject to hydrolysis) is 1. The van der Waals surface area contributed by atoms with E-state index in [1.165, 1.54) is 5.56 Å². The van der Waals surface area contributed by atoms with Crippen LogP contribution in [0.2, 0.25) is 0 Å². The summed E-state index contributed by atoms with van der Waals surface area (Å²) in [6.45, 7) is 0.226. The van der Waals surface area contributed by atoms with Gasteiger partial charge in [-0.25, -0.2) is 4.79 Å². The molecule has 1 aliphatic heterocycles. The molecule has 0 fully saturated rings. The molecule has 5 nitrogen and oxygen atoms in total. The second kappa shape index (κ2) is 10.5. The molecule has 4 rings (SSSR count). The van der Waals surface area contributed by atoms with Crippen LogP contribution in [0.5, 0.6) is 0 Å². The van der Waals surface area contributed by atoms with Crippen LogP contribution in [-0.2, 0) is 29.0 Å². The molecule has 1 aliphatic rings. The lowest BCUT2D eigenvalue weighted by Crippen LogP contribution is -2.45. The summed E-state index contributed by atoms with van der Waals surface area (Å²) >= 11 is 0. The molecular formula is C26H26N2O3. The fourth-order valence-electron chi connectivity index (χ4n) is 3.55. The summed E-state index contributed by atoms with van der Waals surface area (Å²) in [4.78, 5) is 18.3. The number of amides is 1. The third kappa shape index (κ3) is 6.20. The Kier molecular flexibility index (Phi) is 6.98. The Morgan fingerprint density at radius 1 is 0.871 bits per heavy atom. The molecule has 2 atom stereocenters. The molecule has 0 radical (unpaired) electrons. The first kappa shape index (κ1) is 20.7. The summed E-state index contributed by atoms with van der Waals surface area (Å²) in [6.07, 6.45) is 2.65. The number of allylic oxidation sites excluding steroid dienone is 1. The maximum atomic E-state index is 12.5. The summed E-state index contributed by atoms with van der Waals surface area (Å²) in [6, 6.07) is 29.6. The van der Waals surface area contributed by atoms with E-state index in [1.54, 1.807) is 0 Å². The SMILES string of the molecule is O=C(N[C@@H](Cc1ccccc1)[C@@H]1C=C(Cc2ccccc2)NO1)OCc1ccccc1. The number of rotatable bonds is 8. The van der Waals surface area contributed by atoms with Crippen molar-refractivity contribution in [1.29, 1.82) is 0 Å². The van der Waals surface area contributed by atoms with Gasteiger partial charge in [-0.05, 0) is 29.2 Å². The molecule has 0 saturated heterocycles. The van der Waals surface area contributed by atoms with E-state index in [1.807, 2.05) is 84.9 Å². The maximum absolute atomic E-state index is 12.5. The number of carbonyl (C=O) groups is 1. The van der Waals surface area contributed by atoms with Gasteiger partial charge in [-0.3, -0.25) is 10.3 Å². The molecule has 5 heteroatoms. The average molecular weight is 415 g/mol. The van der Waals surface area contributed by atoms with Gasteiger partial charge in [0.05, 0.1) is 6.04 Å². The molecule has 0 bridgehead atoms. The van der Waals surface area contributed by atoms with E-state index in [0.717, 1.165) is 23.2 Å². The molecule has 1 amide bonds. The molecule has 0 saturated carbocycles. The van der Waals surface area contributed by atoms with Crippen molar-refractivity contribution in [2.75, 3.05) is 0 Å². The maximum Gasteiger partial charge on any atom is 0.407 e. The number of hydroxylamine groups is 1. The topological polar surface area (TPSA) is 59.6 Å². The van der Waals surface area contributed by atoms with Crippen LogP contribution < -0.4 is 10.8 Å². The van der Waals surface area contributed by atoms with Crippen LogP contribution in [0.15, 0.2) is 103 Å². The number of hydrogen-bond donors (Lipinski definition) is 2. The first-order valence-electron chi connectivity index (χ1n) is 10.4. The molecule has 0 spiro atoms. The Morgan fingerprint density at radius 2 is 1.45 bits per heavy atom. The monoisotopic (exact) mass is 414 g/mol. The first-order valence-corrected chi connectivity index (χ1v) is 10.4. The Hall–Kier alpha value is -3.57. The molecule has 3 aromatic carbocycles. The van der Waals surface area contributed by atoms with Gasteiger partial charge in [-0.15, -0.1) is 0 Å². The third-order valence-electron chi connectivity index (χ3n) is 5.14. The number of hydrogen-bond acceptors (Lipinski definition) is 4. The van der Waals surface area contributed by atoms with Crippen molar-refractivity contribution >= 4 is 6.09 Å². The molecule has 0 unspecified atom stereocenters. The van der Waals surface area contributed by atoms with Crippen molar-refractivity contribution in [2.45, 2.75) is 31.6 Å². The van der Waals surface area contributed by atoms with E-state index < -0.39 is 6.09 Å². The molecule has 31 heavy (non-hydrogen) atoms. The second-order valence-corrected chi connectivity index (χ2v) is 7.54. The van der Waals surface area contributed by atoms with Crippen molar-refractivity contribution in [3.05, 3.63) is 119 Å². The summed E-state index contributed by atoms with van der Waals surface area (Å²) in [7, 11) is 0. The molecule has 158 valence electrons. The highest BCUT2D eigenvalue weighted by Crippen LogP contribution is 2.18. The van der Waals surface area contributed by atoms with E-state index in [2.05, 4.69) is 22.9 Å². The number of ether oxygens (including phenoxy) is 1. The van der Waals surface area contributed by atoms with Crippen LogP contribution in [0.1, 0.15) is 16.7 Å². The molecule has 0 aromatic heterocycles. The quantitative estimate of drug-likeness (QED) is 0.568. The van der Waals surface area contributed by atoms with Crippen LogP contribution >= 0.6 is 0 Å². The van der Waals surface area contributed by atoms with Crippen LogP contribution in [0.4, 0.5) is 4.79 Å². The van der Waals surface area contributed by atoms with Gasteiger partial charge in [0.25, 0.3) is 0 Å². The zero-order valence-corrected chi connectivity index (χ0v) is 17.2. The summed E-state index contributed by atoms with van der Waals surface area (Å²) in [5.41, 5.74) is 7.26. The standard InChI is InChI=1S/C26H26N2O3/c29-26(30-19-22-14-8-3-9-15-22)27-24(17-21-12-6-2-7-13-21)25-18-23(28-31-25)16-20-10-4-1-5-11-20/h1-15,18,24-25,28H,16-17,19H2,(H,27,29)/t24-,25-/m0/s1. The molecule has 1 heterocycles. The van der Waals surface area contributed by atoms with Gasteiger partial charge in [-0.2, -0.15) is 0 Å². The van der Waals surface area contributed by atoms with E-state index in [-0.39, 0.29) is 18.8 Å². The second-order valence-electron chi connectivity index (χ2n) is 7.54. The highest BCUT2D eigenvalue weighted by molar-refractivity contribution is 5.67. The van der Waals surface area contributed by atoms with Crippen molar-refractivity contribution in [3.8, 4) is 0 Å². The predicted molar refractivity (Wildman–Crippen MR) is 120 cm³/mol. The van der Waals surface area contributed by atoms with Crippen LogP contribution in [0, 0.1) is 0 Å². The Balaban J connectivity index is 1.42. The largest absolute Gasteiger partial charge is 0.445 e. The molecule has 2 N–H and O–H groups in total. The van der Waals surface area contributed by atoms with Crippen LogP contribution in [-0.4, -0.2) is 18.2 Å². The molecular weight excluding hydrogens is 388 g/mol. The number of carbonyl (C=O) groups excluding carboxylic acids is 1. The smallest absolute Gasteiger partial charge is 0.407 e. The van der Waals surface area contributed by atoms with Crippen molar-refractivity contribution in [3.63, 3.8) is 0 Å². The lowest BCUT2D eigenvalue weighted by molar-refractivity contribution is 0.0191. The third-order valence-corrected chi connectivity index (χ3v) is 5.14. The van der Waals surface area contributed by atoms with Gasteiger partial charge < -0.3 is 10.1 Å². The van der Waals surface area contributed by atoms with Gasteiger partial charge in [0, 0.05) is 12.1 Å². The van der Waals surface area contributed by atoms with Crippen molar-refractivity contribution < 1.29 is 14.4 Å². The highest BCUT2D eigenvalue weighted by atomic mass is 16.7. The van der Waals surface area contributed by atoms with Gasteiger partial charge in [0.1, 0.15) is 12.7 Å². The normalized spacial score (nSPS) is 16.1. The average Bonchev–Trinajstić information content (AvgIpc) is 3.28. The van der Waals surface area contributed by atoms with E-state index in [9.17, 15) is 4.79 Å². The lowest BCUT2D eigenvalue weighted by Gasteiger charge is -2.22. The van der Waals surface area contributed by atoms with Gasteiger partial charge in [-0.1, -0.05) is 91.0 Å². The van der Waals surface area contributed by atoms with E-state index >= 15 is 0 Å². The summed E-state index contributed by atoms with van der Waals surface area (Å²) < 4.78 is 5.43. The zero-order valence-electron chi connectivity index (χ0n) is 17.2. The van der Waals surface area contributed by atoms with Gasteiger partial charge in [0.15, 0.2) is 0 Å². The van der Waals surface area contributed by atoms with Crippen LogP contribution in [0.3, 0.4) is 0 Å². The first-order chi connectivity index (χ1) is 15.3. The van der Waals surface area contributed by atoms with E-state index in [4.69, 9.17) is 9.57 Å². The molecule has 0 aliphatic carbocycles. The van der Waals surface area contributed by atoms with Crippen molar-refractivity contribution in [2.24, 2.45) is 0 Å². The summed E-state index contributed by atoms with van der Waals surface area (Å²) in [5, 5.41) is 2.99. The predicted octanol–water partition coefficient (Wildman–Crippen LogP) is 4.55. The fraction of sp³-hybridized carbons (Fsp3) is 0.192.